The number of hydrogen-bond donors (Lipinski definition) is 1. The summed E-state index contributed by atoms with van der Waals surface area (Å²) in [6, 6.07) is 12.0. The largest absolute Gasteiger partial charge is 0.328 e. The third kappa shape index (κ3) is 4.26. The van der Waals surface area contributed by atoms with Crippen LogP contribution in [0.1, 0.15) is 12.0 Å². The first-order valence-electron chi connectivity index (χ1n) is 10.1. The molecule has 2 aromatic carbocycles. The van der Waals surface area contributed by atoms with Crippen LogP contribution in [0.15, 0.2) is 59.5 Å². The van der Waals surface area contributed by atoms with Crippen LogP contribution in [-0.4, -0.2) is 38.7 Å². The molecule has 0 atom stereocenters. The number of pyridine rings is 1. The number of hydrogen-bond acceptors (Lipinski definition) is 3. The quantitative estimate of drug-likeness (QED) is 0.423. The van der Waals surface area contributed by atoms with Gasteiger partial charge in [0.1, 0.15) is 11.4 Å². The second-order valence-electron chi connectivity index (χ2n) is 7.91. The third-order valence-electron chi connectivity index (χ3n) is 5.61. The van der Waals surface area contributed by atoms with Crippen molar-refractivity contribution in [1.82, 2.24) is 19.7 Å². The molecule has 0 saturated carbocycles. The molecule has 1 fully saturated rings. The Labute approximate surface area is 192 Å². The number of nitrogens with one attached hydrogen (secondary N) is 1. The van der Waals surface area contributed by atoms with E-state index in [0.717, 1.165) is 22.4 Å². The monoisotopic (exact) mass is 478 g/mol. The molecule has 3 heterocycles. The minimum atomic E-state index is -2.69. The van der Waals surface area contributed by atoms with Gasteiger partial charge in [-0.25, -0.2) is 22.2 Å². The molecule has 5 nitrogen and oxygen atoms in total. The van der Waals surface area contributed by atoms with Crippen molar-refractivity contribution >= 4 is 23.3 Å². The maximum absolute atomic E-state index is 14.5. The van der Waals surface area contributed by atoms with Crippen molar-refractivity contribution in [1.29, 1.82) is 0 Å². The number of alkyl halides is 2. The van der Waals surface area contributed by atoms with E-state index in [1.54, 1.807) is 29.2 Å². The first-order valence-corrected chi connectivity index (χ1v) is 10.1. The molecule has 0 amide bonds. The van der Waals surface area contributed by atoms with Crippen molar-refractivity contribution in [3.63, 3.8) is 0 Å². The van der Waals surface area contributed by atoms with Gasteiger partial charge >= 0.3 is 0 Å². The van der Waals surface area contributed by atoms with Crippen LogP contribution in [0.25, 0.3) is 27.8 Å². The molecule has 0 aliphatic carbocycles. The van der Waals surface area contributed by atoms with Crippen LogP contribution in [0, 0.1) is 11.6 Å². The Morgan fingerprint density at radius 1 is 1.06 bits per heavy atom. The number of fused-ring (bicyclic) bond motifs is 1. The van der Waals surface area contributed by atoms with E-state index in [1.807, 2.05) is 0 Å². The zero-order valence-electron chi connectivity index (χ0n) is 17.2. The zero-order chi connectivity index (χ0) is 22.5. The molecule has 1 aliphatic heterocycles. The van der Waals surface area contributed by atoms with Gasteiger partial charge in [0.15, 0.2) is 11.6 Å². The third-order valence-corrected chi connectivity index (χ3v) is 5.61. The molecular formula is C23H19ClF4N4O. The lowest BCUT2D eigenvalue weighted by atomic mass is 10.1. The predicted molar refractivity (Wildman–Crippen MR) is 119 cm³/mol. The number of nitrogens with zero attached hydrogens (tertiary/aromatic N) is 3. The maximum Gasteiger partial charge on any atom is 0.261 e. The Kier molecular flexibility index (Phi) is 6.02. The van der Waals surface area contributed by atoms with E-state index >= 15 is 0 Å². The molecule has 0 radical (unpaired) electrons. The van der Waals surface area contributed by atoms with Crippen LogP contribution in [-0.2, 0) is 6.54 Å². The molecule has 33 heavy (non-hydrogen) atoms. The minimum absolute atomic E-state index is 0. The van der Waals surface area contributed by atoms with Crippen molar-refractivity contribution < 1.29 is 17.6 Å². The number of rotatable bonds is 4. The highest BCUT2D eigenvalue weighted by Gasteiger charge is 2.37. The van der Waals surface area contributed by atoms with Gasteiger partial charge in [-0.3, -0.25) is 9.69 Å². The van der Waals surface area contributed by atoms with Crippen molar-refractivity contribution in [3.8, 4) is 16.9 Å². The van der Waals surface area contributed by atoms with E-state index in [9.17, 15) is 22.4 Å². The minimum Gasteiger partial charge on any atom is -0.328 e. The van der Waals surface area contributed by atoms with E-state index < -0.39 is 23.1 Å². The summed E-state index contributed by atoms with van der Waals surface area (Å²) >= 11 is 0. The van der Waals surface area contributed by atoms with Gasteiger partial charge in [0.2, 0.25) is 0 Å². The molecular weight excluding hydrogens is 460 g/mol. The van der Waals surface area contributed by atoms with Gasteiger partial charge in [0, 0.05) is 31.3 Å². The van der Waals surface area contributed by atoms with Crippen LogP contribution in [0.5, 0.6) is 0 Å². The van der Waals surface area contributed by atoms with Crippen molar-refractivity contribution in [2.24, 2.45) is 0 Å². The van der Waals surface area contributed by atoms with Gasteiger partial charge in [-0.05, 0) is 29.8 Å². The molecule has 0 spiro atoms. The summed E-state index contributed by atoms with van der Waals surface area (Å²) in [6.07, 6.45) is 1.21. The zero-order valence-corrected chi connectivity index (χ0v) is 18.0. The van der Waals surface area contributed by atoms with Gasteiger partial charge in [-0.15, -0.1) is 12.4 Å². The van der Waals surface area contributed by atoms with E-state index in [0.29, 0.717) is 18.7 Å². The molecule has 0 bridgehead atoms. The van der Waals surface area contributed by atoms with Gasteiger partial charge in [0.25, 0.3) is 11.5 Å². The molecule has 172 valence electrons. The molecule has 1 N–H and O–H groups in total. The molecule has 1 aliphatic rings. The van der Waals surface area contributed by atoms with Gasteiger partial charge in [0.05, 0.1) is 17.4 Å². The Bertz CT molecular complexity index is 1360. The SMILES string of the molecule is Cl.O=c1[nH]ccc2c1c(-c1cccc(CN3CCC(F)(F)C3)c1)nn2-c1c(F)cccc1F. The standard InChI is InChI=1S/C23H18F4N4O.ClH/c24-16-5-2-6-17(25)21(16)31-18-7-9-28-22(32)19(18)20(29-31)15-4-1-3-14(11-15)12-30-10-8-23(26,27)13-30;/h1-7,9,11H,8,10,12-13H2,(H,28,32);1H. The van der Waals surface area contributed by atoms with Crippen LogP contribution in [0.2, 0.25) is 0 Å². The summed E-state index contributed by atoms with van der Waals surface area (Å²) in [5, 5.41) is 4.57. The van der Waals surface area contributed by atoms with Gasteiger partial charge in [-0.1, -0.05) is 24.3 Å². The van der Waals surface area contributed by atoms with Crippen LogP contribution >= 0.6 is 12.4 Å². The fourth-order valence-electron chi connectivity index (χ4n) is 4.16. The fraction of sp³-hybridized carbons (Fsp3) is 0.217. The van der Waals surface area contributed by atoms with Crippen molar-refractivity contribution in [3.05, 3.63) is 82.3 Å². The molecule has 5 rings (SSSR count). The Morgan fingerprint density at radius 2 is 1.79 bits per heavy atom. The molecule has 2 aromatic heterocycles. The van der Waals surface area contributed by atoms with E-state index in [-0.39, 0.29) is 47.7 Å². The van der Waals surface area contributed by atoms with Gasteiger partial charge in [-0.2, -0.15) is 5.10 Å². The summed E-state index contributed by atoms with van der Waals surface area (Å²) in [6.45, 7) is 0.308. The second kappa shape index (κ2) is 8.64. The number of benzene rings is 2. The van der Waals surface area contributed by atoms with Gasteiger partial charge < -0.3 is 4.98 Å². The first-order chi connectivity index (χ1) is 15.3. The van der Waals surface area contributed by atoms with Crippen molar-refractivity contribution in [2.45, 2.75) is 18.9 Å². The second-order valence-corrected chi connectivity index (χ2v) is 7.91. The number of likely N-dealkylation sites (tertiary alicyclic amines) is 1. The lowest BCUT2D eigenvalue weighted by molar-refractivity contribution is 0.0115. The lowest BCUT2D eigenvalue weighted by Crippen LogP contribution is -2.24. The number of aromatic nitrogens is 3. The summed E-state index contributed by atoms with van der Waals surface area (Å²) in [7, 11) is 0. The molecule has 1 saturated heterocycles. The highest BCUT2D eigenvalue weighted by Crippen LogP contribution is 2.31. The first kappa shape index (κ1) is 23.0. The highest BCUT2D eigenvalue weighted by molar-refractivity contribution is 5.93. The summed E-state index contributed by atoms with van der Waals surface area (Å²) < 4.78 is 57.1. The lowest BCUT2D eigenvalue weighted by Gasteiger charge is -2.15. The van der Waals surface area contributed by atoms with Crippen LogP contribution < -0.4 is 5.56 Å². The molecule has 0 unspecified atom stereocenters. The summed E-state index contributed by atoms with van der Waals surface area (Å²) in [4.78, 5) is 16.9. The highest BCUT2D eigenvalue weighted by atomic mass is 35.5. The summed E-state index contributed by atoms with van der Waals surface area (Å²) in [5.74, 6) is -4.32. The topological polar surface area (TPSA) is 53.9 Å². The number of aromatic amines is 1. The number of H-pyrrole nitrogens is 1. The Morgan fingerprint density at radius 3 is 2.48 bits per heavy atom. The predicted octanol–water partition coefficient (Wildman–Crippen LogP) is 4.92. The van der Waals surface area contributed by atoms with Crippen LogP contribution in [0.3, 0.4) is 0 Å². The Hall–Kier alpha value is -3.17. The summed E-state index contributed by atoms with van der Waals surface area (Å²) in [5.41, 5.74) is 0.975. The smallest absolute Gasteiger partial charge is 0.261 e. The van der Waals surface area contributed by atoms with Crippen molar-refractivity contribution in [2.75, 3.05) is 13.1 Å². The Balaban J connectivity index is 0.00000259. The average molecular weight is 479 g/mol. The van der Waals surface area contributed by atoms with E-state index in [2.05, 4.69) is 10.1 Å². The van der Waals surface area contributed by atoms with E-state index in [4.69, 9.17) is 0 Å². The van der Waals surface area contributed by atoms with E-state index in [1.165, 1.54) is 18.3 Å². The number of para-hydroxylation sites is 1. The average Bonchev–Trinajstić information content (AvgIpc) is 3.29. The molecule has 10 heteroatoms. The maximum atomic E-state index is 14.5. The normalized spacial score (nSPS) is 15.6. The fourth-order valence-corrected chi connectivity index (χ4v) is 4.16. The van der Waals surface area contributed by atoms with Crippen LogP contribution in [0.4, 0.5) is 17.6 Å². The number of halogens is 5. The molecule has 4 aromatic rings.